The Bertz CT molecular complexity index is 289. The van der Waals surface area contributed by atoms with Crippen molar-refractivity contribution in [3.8, 4) is 0 Å². The summed E-state index contributed by atoms with van der Waals surface area (Å²) in [6.07, 6.45) is 11.5. The molecule has 110 valence electrons. The molecule has 0 aromatic rings. The fraction of sp³-hybridized carbons (Fsp3) is 0.933. The van der Waals surface area contributed by atoms with Crippen LogP contribution in [0.25, 0.3) is 0 Å². The highest BCUT2D eigenvalue weighted by Crippen LogP contribution is 2.35. The van der Waals surface area contributed by atoms with Crippen LogP contribution in [0, 0.1) is 11.8 Å². The van der Waals surface area contributed by atoms with E-state index in [2.05, 4.69) is 5.32 Å². The van der Waals surface area contributed by atoms with Crippen molar-refractivity contribution in [1.82, 2.24) is 5.32 Å². The molecule has 0 aromatic heterocycles. The van der Waals surface area contributed by atoms with Gasteiger partial charge >= 0.3 is 0 Å². The maximum absolute atomic E-state index is 11.6. The molecule has 4 heteroatoms. The molecule has 0 saturated heterocycles. The summed E-state index contributed by atoms with van der Waals surface area (Å²) in [5.74, 6) is 1.08. The van der Waals surface area contributed by atoms with Crippen LogP contribution in [0.15, 0.2) is 0 Å². The maximum atomic E-state index is 11.6. The van der Waals surface area contributed by atoms with E-state index in [-0.39, 0.29) is 24.5 Å². The summed E-state index contributed by atoms with van der Waals surface area (Å²) in [5, 5.41) is 3.10. The summed E-state index contributed by atoms with van der Waals surface area (Å²) in [6, 6.07) is 0.264. The van der Waals surface area contributed by atoms with Gasteiger partial charge in [-0.15, -0.1) is 0 Å². The van der Waals surface area contributed by atoms with Crippen LogP contribution in [0.2, 0.25) is 0 Å². The monoisotopic (exact) mass is 267 g/mol. The van der Waals surface area contributed by atoms with Gasteiger partial charge in [0.15, 0.2) is 0 Å². The highest BCUT2D eigenvalue weighted by Gasteiger charge is 2.37. The second kappa shape index (κ2) is 7.25. The number of amides is 1. The lowest BCUT2D eigenvalue weighted by molar-refractivity contribution is -0.121. The van der Waals surface area contributed by atoms with Gasteiger partial charge in [0.2, 0.25) is 5.91 Å². The molecular weight excluding hydrogens is 238 g/mol. The van der Waals surface area contributed by atoms with Crippen molar-refractivity contribution in [2.24, 2.45) is 23.3 Å². The molecule has 2 bridgehead atoms. The molecule has 0 aromatic carbocycles. The third kappa shape index (κ3) is 3.93. The van der Waals surface area contributed by atoms with E-state index < -0.39 is 0 Å². The molecular formula is C15H29N3O. The Balaban J connectivity index is 2.06. The average Bonchev–Trinajstić information content (AvgIpc) is 2.49. The van der Waals surface area contributed by atoms with Crippen LogP contribution in [-0.2, 0) is 4.79 Å². The molecule has 0 radical (unpaired) electrons. The van der Waals surface area contributed by atoms with E-state index in [1.807, 2.05) is 0 Å². The third-order valence-electron chi connectivity index (χ3n) is 5.04. The Morgan fingerprint density at radius 1 is 0.947 bits per heavy atom. The van der Waals surface area contributed by atoms with Crippen LogP contribution >= 0.6 is 0 Å². The van der Waals surface area contributed by atoms with Gasteiger partial charge in [-0.1, -0.05) is 32.1 Å². The number of nitrogens with one attached hydrogen (secondary N) is 1. The number of nitrogens with two attached hydrogens (primary N) is 2. The van der Waals surface area contributed by atoms with Crippen molar-refractivity contribution in [2.75, 3.05) is 6.54 Å². The zero-order valence-corrected chi connectivity index (χ0v) is 11.9. The minimum atomic E-state index is -0.0547. The molecule has 3 saturated carbocycles. The summed E-state index contributed by atoms with van der Waals surface area (Å²) >= 11 is 0. The zero-order valence-electron chi connectivity index (χ0n) is 11.9. The van der Waals surface area contributed by atoms with E-state index in [1.54, 1.807) is 0 Å². The Morgan fingerprint density at radius 2 is 1.53 bits per heavy atom. The van der Waals surface area contributed by atoms with E-state index in [0.717, 1.165) is 0 Å². The van der Waals surface area contributed by atoms with Crippen molar-refractivity contribution < 1.29 is 4.79 Å². The molecule has 0 heterocycles. The molecule has 1 amide bonds. The Kier molecular flexibility index (Phi) is 5.64. The molecule has 4 nitrogen and oxygen atoms in total. The molecule has 0 aliphatic heterocycles. The lowest BCUT2D eigenvalue weighted by Crippen LogP contribution is -2.58. The van der Waals surface area contributed by atoms with Crippen LogP contribution in [0.4, 0.5) is 0 Å². The van der Waals surface area contributed by atoms with Crippen LogP contribution in [0.5, 0.6) is 0 Å². The number of carbonyl (C=O) groups excluding carboxylic acids is 1. The van der Waals surface area contributed by atoms with Crippen LogP contribution in [0.1, 0.15) is 57.8 Å². The van der Waals surface area contributed by atoms with Gasteiger partial charge in [0.25, 0.3) is 0 Å². The fourth-order valence-corrected chi connectivity index (χ4v) is 3.87. The summed E-state index contributed by atoms with van der Waals surface area (Å²) in [4.78, 5) is 11.6. The van der Waals surface area contributed by atoms with Gasteiger partial charge in [0.1, 0.15) is 0 Å². The van der Waals surface area contributed by atoms with Crippen LogP contribution in [-0.4, -0.2) is 24.5 Å². The van der Waals surface area contributed by atoms with Crippen molar-refractivity contribution in [3.63, 3.8) is 0 Å². The number of rotatable bonds is 2. The van der Waals surface area contributed by atoms with Gasteiger partial charge in [-0.05, 0) is 37.5 Å². The van der Waals surface area contributed by atoms with Crippen LogP contribution in [0.3, 0.4) is 0 Å². The van der Waals surface area contributed by atoms with E-state index in [0.29, 0.717) is 11.8 Å². The van der Waals surface area contributed by atoms with Gasteiger partial charge < -0.3 is 16.8 Å². The first-order valence-electron chi connectivity index (χ1n) is 7.97. The third-order valence-corrected chi connectivity index (χ3v) is 5.04. The topological polar surface area (TPSA) is 81.1 Å². The first-order valence-corrected chi connectivity index (χ1v) is 7.97. The fourth-order valence-electron chi connectivity index (χ4n) is 3.87. The van der Waals surface area contributed by atoms with Gasteiger partial charge in [0, 0.05) is 12.1 Å². The van der Waals surface area contributed by atoms with Gasteiger partial charge in [-0.3, -0.25) is 4.79 Å². The van der Waals surface area contributed by atoms with E-state index in [9.17, 15) is 4.79 Å². The summed E-state index contributed by atoms with van der Waals surface area (Å²) in [7, 11) is 0. The van der Waals surface area contributed by atoms with E-state index in [1.165, 1.54) is 57.8 Å². The number of carbonyl (C=O) groups is 1. The first-order chi connectivity index (χ1) is 9.22. The molecule has 4 unspecified atom stereocenters. The SMILES string of the molecule is NCC(=O)NC1C2CCCCCCCC(CC2)C1N. The molecule has 3 aliphatic carbocycles. The predicted molar refractivity (Wildman–Crippen MR) is 77.5 cm³/mol. The molecule has 3 aliphatic rings. The van der Waals surface area contributed by atoms with Crippen molar-refractivity contribution in [2.45, 2.75) is 69.9 Å². The van der Waals surface area contributed by atoms with Gasteiger partial charge in [-0.2, -0.15) is 0 Å². The summed E-state index contributed by atoms with van der Waals surface area (Å²) in [6.45, 7) is 0.0700. The van der Waals surface area contributed by atoms with Gasteiger partial charge in [0.05, 0.1) is 6.54 Å². The normalized spacial score (nSPS) is 36.5. The Morgan fingerprint density at radius 3 is 2.21 bits per heavy atom. The highest BCUT2D eigenvalue weighted by molar-refractivity contribution is 5.78. The molecule has 0 spiro atoms. The molecule has 19 heavy (non-hydrogen) atoms. The summed E-state index contributed by atoms with van der Waals surface area (Å²) < 4.78 is 0. The number of hydrogen-bond donors (Lipinski definition) is 3. The van der Waals surface area contributed by atoms with Crippen molar-refractivity contribution in [3.05, 3.63) is 0 Å². The zero-order chi connectivity index (χ0) is 13.7. The first kappa shape index (κ1) is 14.8. The smallest absolute Gasteiger partial charge is 0.234 e. The molecule has 3 rings (SSSR count). The largest absolute Gasteiger partial charge is 0.350 e. The van der Waals surface area contributed by atoms with Crippen LogP contribution < -0.4 is 16.8 Å². The molecule has 5 N–H and O–H groups in total. The summed E-state index contributed by atoms with van der Waals surface area (Å²) in [5.41, 5.74) is 11.9. The number of hydrogen-bond acceptors (Lipinski definition) is 3. The van der Waals surface area contributed by atoms with Crippen molar-refractivity contribution >= 4 is 5.91 Å². The highest BCUT2D eigenvalue weighted by atomic mass is 16.1. The second-order valence-corrected chi connectivity index (χ2v) is 6.32. The predicted octanol–water partition coefficient (Wildman–Crippen LogP) is 1.53. The molecule has 3 fully saturated rings. The van der Waals surface area contributed by atoms with E-state index in [4.69, 9.17) is 11.5 Å². The Hall–Kier alpha value is -0.610. The maximum Gasteiger partial charge on any atom is 0.234 e. The Labute approximate surface area is 116 Å². The average molecular weight is 267 g/mol. The standard InChI is InChI=1S/C15H29N3O/c16-10-13(19)18-15-12-7-5-3-1-2-4-6-11(8-9-12)14(15)17/h11-12,14-15H,1-10,16-17H2,(H,18,19). The van der Waals surface area contributed by atoms with E-state index >= 15 is 0 Å². The van der Waals surface area contributed by atoms with Gasteiger partial charge in [-0.25, -0.2) is 0 Å². The minimum absolute atomic E-state index is 0.0547. The lowest BCUT2D eigenvalue weighted by atomic mass is 9.72. The van der Waals surface area contributed by atoms with Crippen molar-refractivity contribution in [1.29, 1.82) is 0 Å². The number of fused-ring (bicyclic) bond motifs is 8. The quantitative estimate of drug-likeness (QED) is 0.709. The second-order valence-electron chi connectivity index (χ2n) is 6.32. The lowest BCUT2D eigenvalue weighted by Gasteiger charge is -2.42. The minimum Gasteiger partial charge on any atom is -0.350 e. The molecule has 4 atom stereocenters.